The highest BCUT2D eigenvalue weighted by atomic mass is 35.5. The fourth-order valence-corrected chi connectivity index (χ4v) is 3.28. The summed E-state index contributed by atoms with van der Waals surface area (Å²) in [6, 6.07) is 16.5. The number of hydrogen-bond donors (Lipinski definition) is 3. The first-order chi connectivity index (χ1) is 16.9. The van der Waals surface area contributed by atoms with Crippen molar-refractivity contribution >= 4 is 35.0 Å². The molecule has 2 heterocycles. The molecule has 3 N–H and O–H groups in total. The van der Waals surface area contributed by atoms with Crippen LogP contribution in [-0.2, 0) is 6.61 Å². The zero-order valence-corrected chi connectivity index (χ0v) is 20.2. The van der Waals surface area contributed by atoms with Gasteiger partial charge in [-0.15, -0.1) is 0 Å². The third-order valence-electron chi connectivity index (χ3n) is 5.17. The second kappa shape index (κ2) is 11.4. The molecule has 0 bridgehead atoms. The van der Waals surface area contributed by atoms with Gasteiger partial charge < -0.3 is 20.5 Å². The molecule has 2 aliphatic rings. The van der Waals surface area contributed by atoms with E-state index in [4.69, 9.17) is 33.0 Å². The van der Waals surface area contributed by atoms with E-state index in [1.807, 2.05) is 30.3 Å². The number of carbonyl (C=O) groups is 2. The number of nitrogens with zero attached hydrogens (tertiary/aromatic N) is 2. The molecule has 35 heavy (non-hydrogen) atoms. The van der Waals surface area contributed by atoms with Crippen LogP contribution in [0, 0.1) is 0 Å². The van der Waals surface area contributed by atoms with E-state index in [0.717, 1.165) is 31.2 Å². The number of rotatable bonds is 7. The van der Waals surface area contributed by atoms with Gasteiger partial charge in [0, 0.05) is 12.1 Å². The summed E-state index contributed by atoms with van der Waals surface area (Å²) in [5, 5.41) is 14.9. The lowest BCUT2D eigenvalue weighted by Crippen LogP contribution is -2.26. The third-order valence-corrected chi connectivity index (χ3v) is 5.72. The van der Waals surface area contributed by atoms with Gasteiger partial charge in [0.05, 0.1) is 0 Å². The van der Waals surface area contributed by atoms with Crippen LogP contribution in [-0.4, -0.2) is 39.0 Å². The van der Waals surface area contributed by atoms with Crippen molar-refractivity contribution in [2.24, 2.45) is 0 Å². The second-order valence-corrected chi connectivity index (χ2v) is 8.98. The van der Waals surface area contributed by atoms with E-state index < -0.39 is 0 Å². The zero-order chi connectivity index (χ0) is 24.8. The number of ether oxygens (including phenoxy) is 1. The number of nitrogens with one attached hydrogen (secondary N) is 2. The second-order valence-electron chi connectivity index (χ2n) is 8.26. The molecule has 2 amide bonds. The van der Waals surface area contributed by atoms with Crippen LogP contribution in [0.5, 0.6) is 11.5 Å². The Hall–Kier alpha value is -3.36. The molecule has 2 saturated carbocycles. The average Bonchev–Trinajstić information content (AvgIpc) is 3.79. The lowest BCUT2D eigenvalue weighted by Gasteiger charge is -2.09. The minimum Gasteiger partial charge on any atom is -0.505 e. The van der Waals surface area contributed by atoms with Gasteiger partial charge in [0.15, 0.2) is 21.8 Å². The molecule has 2 fully saturated rings. The quantitative estimate of drug-likeness (QED) is 0.399. The normalized spacial score (nSPS) is 14.3. The van der Waals surface area contributed by atoms with E-state index in [0.29, 0.717) is 24.1 Å². The number of amides is 2. The lowest BCUT2D eigenvalue weighted by molar-refractivity contribution is 0.0937. The van der Waals surface area contributed by atoms with Crippen LogP contribution in [0.15, 0.2) is 54.6 Å². The molecule has 0 spiro atoms. The van der Waals surface area contributed by atoms with E-state index in [9.17, 15) is 9.59 Å². The molecule has 3 aromatic rings. The summed E-state index contributed by atoms with van der Waals surface area (Å²) in [6.07, 6.45) is 4.13. The van der Waals surface area contributed by atoms with Crippen molar-refractivity contribution in [1.29, 1.82) is 0 Å². The standard InChI is InChI=1S/C16H15ClN2O2.C9H9ClN2O2/c17-15-14(21-10-11-4-2-1-3-5-11)9-8-13(19-15)16(20)18-12-6-7-12;10-8-7(13)4-3-6(12-8)9(14)11-5-1-2-5/h1-5,8-9,12H,6-7,10H2,(H,18,20);3-5,13H,1-2H2,(H,11,14). The number of benzene rings is 1. The molecule has 10 heteroatoms. The van der Waals surface area contributed by atoms with Crippen molar-refractivity contribution in [3.05, 3.63) is 81.9 Å². The summed E-state index contributed by atoms with van der Waals surface area (Å²) >= 11 is 11.6. The predicted molar refractivity (Wildman–Crippen MR) is 132 cm³/mol. The van der Waals surface area contributed by atoms with Gasteiger partial charge in [0.25, 0.3) is 11.8 Å². The molecular formula is C25H24Cl2N4O4. The Kier molecular flexibility index (Phi) is 8.05. The van der Waals surface area contributed by atoms with Crippen LogP contribution in [0.1, 0.15) is 52.2 Å². The predicted octanol–water partition coefficient (Wildman–Crippen LogP) is 4.54. The maximum atomic E-state index is 11.9. The fraction of sp³-hybridized carbons (Fsp3) is 0.280. The first-order valence-corrected chi connectivity index (χ1v) is 11.9. The molecule has 1 aromatic carbocycles. The van der Waals surface area contributed by atoms with Crippen LogP contribution < -0.4 is 15.4 Å². The first kappa shape index (κ1) is 24.8. The van der Waals surface area contributed by atoms with Crippen LogP contribution in [0.3, 0.4) is 0 Å². The smallest absolute Gasteiger partial charge is 0.270 e. The first-order valence-electron chi connectivity index (χ1n) is 11.2. The number of aromatic hydroxyl groups is 1. The number of aromatic nitrogens is 2. The summed E-state index contributed by atoms with van der Waals surface area (Å²) in [5.41, 5.74) is 1.60. The van der Waals surface area contributed by atoms with Crippen LogP contribution in [0.4, 0.5) is 0 Å². The molecule has 0 radical (unpaired) electrons. The zero-order valence-electron chi connectivity index (χ0n) is 18.7. The Morgan fingerprint density at radius 1 is 0.829 bits per heavy atom. The van der Waals surface area contributed by atoms with Gasteiger partial charge in [-0.3, -0.25) is 9.59 Å². The molecule has 2 aromatic heterocycles. The third kappa shape index (κ3) is 7.56. The molecule has 8 nitrogen and oxygen atoms in total. The van der Waals surface area contributed by atoms with Crippen LogP contribution >= 0.6 is 23.2 Å². The highest BCUT2D eigenvalue weighted by Crippen LogP contribution is 2.25. The van der Waals surface area contributed by atoms with Gasteiger partial charge >= 0.3 is 0 Å². The topological polar surface area (TPSA) is 113 Å². The molecule has 5 rings (SSSR count). The largest absolute Gasteiger partial charge is 0.505 e. The van der Waals surface area contributed by atoms with Crippen molar-refractivity contribution in [2.45, 2.75) is 44.4 Å². The lowest BCUT2D eigenvalue weighted by atomic mass is 10.2. The van der Waals surface area contributed by atoms with E-state index in [1.165, 1.54) is 12.1 Å². The minimum absolute atomic E-state index is 0.0477. The molecule has 0 aliphatic heterocycles. The van der Waals surface area contributed by atoms with Crippen LogP contribution in [0.2, 0.25) is 10.3 Å². The van der Waals surface area contributed by atoms with Gasteiger partial charge in [-0.25, -0.2) is 9.97 Å². The Morgan fingerprint density at radius 2 is 1.37 bits per heavy atom. The highest BCUT2D eigenvalue weighted by Gasteiger charge is 2.25. The molecule has 0 saturated heterocycles. The summed E-state index contributed by atoms with van der Waals surface area (Å²) in [5.74, 6) is -0.0680. The SMILES string of the molecule is O=C(NC1CC1)c1ccc(O)c(Cl)n1.O=C(NC1CC1)c1ccc(OCc2ccccc2)c(Cl)n1. The van der Waals surface area contributed by atoms with E-state index in [-0.39, 0.29) is 39.6 Å². The van der Waals surface area contributed by atoms with Gasteiger partial charge in [-0.1, -0.05) is 53.5 Å². The maximum absolute atomic E-state index is 11.9. The number of halogens is 2. The van der Waals surface area contributed by atoms with E-state index in [2.05, 4.69) is 20.6 Å². The molecule has 0 atom stereocenters. The van der Waals surface area contributed by atoms with Crippen molar-refractivity contribution in [3.63, 3.8) is 0 Å². The Morgan fingerprint density at radius 3 is 1.89 bits per heavy atom. The maximum Gasteiger partial charge on any atom is 0.270 e. The molecule has 182 valence electrons. The number of pyridine rings is 2. The average molecular weight is 515 g/mol. The molecule has 2 aliphatic carbocycles. The van der Waals surface area contributed by atoms with Gasteiger partial charge in [-0.2, -0.15) is 0 Å². The van der Waals surface area contributed by atoms with Crippen molar-refractivity contribution in [2.75, 3.05) is 0 Å². The molecular weight excluding hydrogens is 491 g/mol. The minimum atomic E-state index is -0.241. The Labute approximate surface area is 212 Å². The van der Waals surface area contributed by atoms with Crippen molar-refractivity contribution < 1.29 is 19.4 Å². The van der Waals surface area contributed by atoms with Gasteiger partial charge in [0.1, 0.15) is 18.0 Å². The number of carbonyl (C=O) groups excluding carboxylic acids is 2. The monoisotopic (exact) mass is 514 g/mol. The van der Waals surface area contributed by atoms with Crippen molar-refractivity contribution in [3.8, 4) is 11.5 Å². The van der Waals surface area contributed by atoms with Gasteiger partial charge in [0.2, 0.25) is 0 Å². The summed E-state index contributed by atoms with van der Waals surface area (Å²) in [6.45, 7) is 0.413. The highest BCUT2D eigenvalue weighted by molar-refractivity contribution is 6.31. The Balaban J connectivity index is 0.000000179. The Bertz CT molecular complexity index is 1200. The van der Waals surface area contributed by atoms with Crippen LogP contribution in [0.25, 0.3) is 0 Å². The van der Waals surface area contributed by atoms with E-state index in [1.54, 1.807) is 12.1 Å². The summed E-state index contributed by atoms with van der Waals surface area (Å²) in [7, 11) is 0. The summed E-state index contributed by atoms with van der Waals surface area (Å²) < 4.78 is 5.62. The van der Waals surface area contributed by atoms with E-state index >= 15 is 0 Å². The number of hydrogen-bond acceptors (Lipinski definition) is 6. The van der Waals surface area contributed by atoms with Gasteiger partial charge in [-0.05, 0) is 55.5 Å². The summed E-state index contributed by atoms with van der Waals surface area (Å²) in [4.78, 5) is 31.2. The van der Waals surface area contributed by atoms with Crippen molar-refractivity contribution in [1.82, 2.24) is 20.6 Å². The fourth-order valence-electron chi connectivity index (χ4n) is 2.92. The molecule has 0 unspecified atom stereocenters.